The van der Waals surface area contributed by atoms with Gasteiger partial charge in [-0.05, 0) is 6.42 Å². The Bertz CT molecular complexity index is 923. The molecule has 3 fully saturated rings. The smallest absolute Gasteiger partial charge is 0.229 e. The Balaban J connectivity index is 1.35. The van der Waals surface area contributed by atoms with E-state index < -0.39 is 0 Å². The molecule has 3 aliphatic rings. The number of rotatable bonds is 8. The third-order valence-electron chi connectivity index (χ3n) is 6.35. The van der Waals surface area contributed by atoms with Crippen LogP contribution < -0.4 is 10.2 Å². The van der Waals surface area contributed by atoms with Crippen LogP contribution >= 0.6 is 0 Å². The molecule has 11 nitrogen and oxygen atoms in total. The Hall–Kier alpha value is -2.50. The molecule has 2 aromatic rings. The summed E-state index contributed by atoms with van der Waals surface area (Å²) in [6, 6.07) is 0. The highest BCUT2D eigenvalue weighted by molar-refractivity contribution is 5.84. The predicted octanol–water partition coefficient (Wildman–Crippen LogP) is 0.0294. The van der Waals surface area contributed by atoms with E-state index >= 15 is 0 Å². The van der Waals surface area contributed by atoms with E-state index in [1.807, 2.05) is 15.8 Å². The normalized spacial score (nSPS) is 20.4. The summed E-state index contributed by atoms with van der Waals surface area (Å²) in [5, 5.41) is 3.50. The fourth-order valence-corrected chi connectivity index (χ4v) is 4.45. The first-order valence-electron chi connectivity index (χ1n) is 11.7. The highest BCUT2D eigenvalue weighted by Gasteiger charge is 2.22. The van der Waals surface area contributed by atoms with Crippen LogP contribution in [-0.2, 0) is 20.8 Å². The van der Waals surface area contributed by atoms with Crippen LogP contribution in [0.3, 0.4) is 0 Å². The fraction of sp³-hybridized carbons (Fsp3) is 0.714. The van der Waals surface area contributed by atoms with Gasteiger partial charge in [0.15, 0.2) is 17.0 Å². The second-order valence-corrected chi connectivity index (χ2v) is 8.45. The van der Waals surface area contributed by atoms with Gasteiger partial charge in [-0.2, -0.15) is 9.97 Å². The molecule has 3 aliphatic heterocycles. The number of nitrogens with one attached hydrogen (secondary N) is 1. The number of carbonyl (C=O) groups is 1. The van der Waals surface area contributed by atoms with Gasteiger partial charge in [0.05, 0.1) is 32.8 Å². The van der Waals surface area contributed by atoms with Gasteiger partial charge in [0.1, 0.15) is 0 Å². The van der Waals surface area contributed by atoms with E-state index in [2.05, 4.69) is 20.1 Å². The van der Waals surface area contributed by atoms with Crippen LogP contribution in [0.1, 0.15) is 12.8 Å². The molecule has 32 heavy (non-hydrogen) atoms. The van der Waals surface area contributed by atoms with Crippen molar-refractivity contribution < 1.29 is 14.3 Å². The van der Waals surface area contributed by atoms with Crippen LogP contribution in [0.5, 0.6) is 0 Å². The molecule has 0 aromatic carbocycles. The van der Waals surface area contributed by atoms with Gasteiger partial charge in [-0.3, -0.25) is 9.69 Å². The Morgan fingerprint density at radius 2 is 1.72 bits per heavy atom. The van der Waals surface area contributed by atoms with Crippen molar-refractivity contribution in [2.45, 2.75) is 19.4 Å². The Labute approximate surface area is 187 Å². The molecule has 0 spiro atoms. The highest BCUT2D eigenvalue weighted by Crippen LogP contribution is 2.23. The summed E-state index contributed by atoms with van der Waals surface area (Å²) in [6.07, 6.45) is 3.42. The number of carbonyl (C=O) groups excluding carboxylic acids is 1. The van der Waals surface area contributed by atoms with E-state index in [0.29, 0.717) is 38.7 Å². The van der Waals surface area contributed by atoms with Gasteiger partial charge in [-0.25, -0.2) is 4.98 Å². The van der Waals surface area contributed by atoms with Gasteiger partial charge in [-0.1, -0.05) is 0 Å². The zero-order chi connectivity index (χ0) is 21.8. The summed E-state index contributed by atoms with van der Waals surface area (Å²) >= 11 is 0. The fourth-order valence-electron chi connectivity index (χ4n) is 4.45. The average molecular weight is 445 g/mol. The molecule has 0 radical (unpaired) electrons. The molecule has 0 bridgehead atoms. The molecule has 5 heterocycles. The first-order chi connectivity index (χ1) is 15.8. The van der Waals surface area contributed by atoms with Gasteiger partial charge in [0.25, 0.3) is 0 Å². The van der Waals surface area contributed by atoms with Gasteiger partial charge in [0.2, 0.25) is 11.9 Å². The van der Waals surface area contributed by atoms with Crippen molar-refractivity contribution in [1.29, 1.82) is 0 Å². The number of imidazole rings is 1. The molecule has 0 unspecified atom stereocenters. The zero-order valence-electron chi connectivity index (χ0n) is 18.5. The molecule has 0 atom stereocenters. The molecule has 174 valence electrons. The summed E-state index contributed by atoms with van der Waals surface area (Å²) in [5.41, 5.74) is 1.58. The summed E-state index contributed by atoms with van der Waals surface area (Å²) in [7, 11) is 0. The van der Waals surface area contributed by atoms with E-state index in [1.165, 1.54) is 0 Å². The Morgan fingerprint density at radius 1 is 0.938 bits per heavy atom. The van der Waals surface area contributed by atoms with Gasteiger partial charge in [0, 0.05) is 65.3 Å². The number of morpholine rings is 2. The first kappa shape index (κ1) is 21.4. The lowest BCUT2D eigenvalue weighted by atomic mass is 10.4. The van der Waals surface area contributed by atoms with Gasteiger partial charge < -0.3 is 29.2 Å². The van der Waals surface area contributed by atoms with Crippen molar-refractivity contribution >= 4 is 28.8 Å². The number of anilines is 2. The van der Waals surface area contributed by atoms with Crippen molar-refractivity contribution in [2.24, 2.45) is 0 Å². The quantitative estimate of drug-likeness (QED) is 0.604. The number of hydrogen-bond donors (Lipinski definition) is 1. The zero-order valence-corrected chi connectivity index (χ0v) is 18.5. The molecular weight excluding hydrogens is 412 g/mol. The Kier molecular flexibility index (Phi) is 6.65. The average Bonchev–Trinajstić information content (AvgIpc) is 3.44. The number of likely N-dealkylation sites (tertiary alicyclic amines) is 1. The summed E-state index contributed by atoms with van der Waals surface area (Å²) in [6.45, 7) is 10.3. The minimum atomic E-state index is 0.239. The molecule has 5 rings (SSSR count). The van der Waals surface area contributed by atoms with E-state index in [9.17, 15) is 4.79 Å². The monoisotopic (exact) mass is 444 g/mol. The molecule has 1 amide bonds. The lowest BCUT2D eigenvalue weighted by molar-refractivity contribution is -0.127. The van der Waals surface area contributed by atoms with Crippen molar-refractivity contribution in [1.82, 2.24) is 29.3 Å². The molecule has 3 saturated heterocycles. The lowest BCUT2D eigenvalue weighted by Crippen LogP contribution is -2.39. The molecule has 11 heteroatoms. The predicted molar refractivity (Wildman–Crippen MR) is 120 cm³/mol. The maximum Gasteiger partial charge on any atom is 0.229 e. The van der Waals surface area contributed by atoms with Crippen LogP contribution in [0.4, 0.5) is 11.8 Å². The minimum absolute atomic E-state index is 0.239. The topological polar surface area (TPSA) is 101 Å². The lowest BCUT2D eigenvalue weighted by Gasteiger charge is -2.28. The minimum Gasteiger partial charge on any atom is -0.379 e. The standard InChI is InChI=1S/C21H32N8O3/c30-17-2-1-4-27(17)6-7-29-16-23-18-19(22-3-5-26-8-12-31-13-9-26)24-21(25-20(18)29)28-10-14-32-15-11-28/h16H,1-15H2,(H,22,24,25). The molecule has 1 N–H and O–H groups in total. The third kappa shape index (κ3) is 4.79. The first-order valence-corrected chi connectivity index (χ1v) is 11.7. The largest absolute Gasteiger partial charge is 0.379 e. The number of hydrogen-bond acceptors (Lipinski definition) is 9. The van der Waals surface area contributed by atoms with Crippen molar-refractivity contribution in [2.75, 3.05) is 89.0 Å². The van der Waals surface area contributed by atoms with Gasteiger partial charge in [-0.15, -0.1) is 0 Å². The van der Waals surface area contributed by atoms with Crippen molar-refractivity contribution in [3.8, 4) is 0 Å². The second-order valence-electron chi connectivity index (χ2n) is 8.45. The summed E-state index contributed by atoms with van der Waals surface area (Å²) in [5.74, 6) is 1.71. The van der Waals surface area contributed by atoms with E-state index in [-0.39, 0.29) is 5.91 Å². The van der Waals surface area contributed by atoms with Crippen molar-refractivity contribution in [3.63, 3.8) is 0 Å². The number of aromatic nitrogens is 4. The van der Waals surface area contributed by atoms with Crippen LogP contribution in [0.2, 0.25) is 0 Å². The van der Waals surface area contributed by atoms with E-state index in [1.54, 1.807) is 0 Å². The maximum atomic E-state index is 12.0. The molecule has 2 aromatic heterocycles. The second kappa shape index (κ2) is 9.97. The van der Waals surface area contributed by atoms with Crippen LogP contribution in [0.15, 0.2) is 6.33 Å². The molecular formula is C21H32N8O3. The van der Waals surface area contributed by atoms with E-state index in [0.717, 1.165) is 82.4 Å². The van der Waals surface area contributed by atoms with Crippen LogP contribution in [-0.4, -0.2) is 114 Å². The van der Waals surface area contributed by atoms with Crippen molar-refractivity contribution in [3.05, 3.63) is 6.33 Å². The Morgan fingerprint density at radius 3 is 2.47 bits per heavy atom. The van der Waals surface area contributed by atoms with Crippen LogP contribution in [0, 0.1) is 0 Å². The third-order valence-corrected chi connectivity index (χ3v) is 6.35. The molecule has 0 aliphatic carbocycles. The van der Waals surface area contributed by atoms with Crippen LogP contribution in [0.25, 0.3) is 11.2 Å². The number of fused-ring (bicyclic) bond motifs is 1. The molecule has 0 saturated carbocycles. The number of amides is 1. The van der Waals surface area contributed by atoms with Gasteiger partial charge >= 0.3 is 0 Å². The number of nitrogens with zero attached hydrogens (tertiary/aromatic N) is 7. The van der Waals surface area contributed by atoms with E-state index in [4.69, 9.17) is 19.4 Å². The maximum absolute atomic E-state index is 12.0. The summed E-state index contributed by atoms with van der Waals surface area (Å²) < 4.78 is 13.0. The summed E-state index contributed by atoms with van der Waals surface area (Å²) in [4.78, 5) is 32.8. The SMILES string of the molecule is O=C1CCCN1CCn1cnc2c(NCCN3CCOCC3)nc(N3CCOCC3)nc21. The highest BCUT2D eigenvalue weighted by atomic mass is 16.5. The number of ether oxygens (including phenoxy) is 2.